The maximum atomic E-state index is 6.16. The number of amidine groups is 1. The molecule has 2 aromatic carbocycles. The molecule has 1 aromatic heterocycles. The largest absolute Gasteiger partial charge is 0.464 e. The number of nitrogens with zero attached hydrogens (tertiary/aromatic N) is 1. The number of furan rings is 1. The lowest BCUT2D eigenvalue weighted by atomic mass is 9.87. The van der Waals surface area contributed by atoms with Gasteiger partial charge >= 0.3 is 0 Å². The Bertz CT molecular complexity index is 868. The molecule has 0 aliphatic carbocycles. The third-order valence-corrected chi connectivity index (χ3v) is 4.40. The number of hydrogen-bond acceptors (Lipinski definition) is 3. The van der Waals surface area contributed by atoms with E-state index in [0.29, 0.717) is 5.29 Å². The fraction of sp³-hybridized carbons (Fsp3) is 0.105. The van der Waals surface area contributed by atoms with Crippen molar-refractivity contribution in [1.82, 2.24) is 0 Å². The first kappa shape index (κ1) is 14.1. The number of aliphatic imine (C=N–C) groups is 1. The highest BCUT2D eigenvalue weighted by atomic mass is 35.5. The van der Waals surface area contributed by atoms with Gasteiger partial charge in [0, 0.05) is 6.07 Å². The van der Waals surface area contributed by atoms with Crippen molar-refractivity contribution in [1.29, 1.82) is 0 Å². The Morgan fingerprint density at radius 2 is 1.65 bits per heavy atom. The van der Waals surface area contributed by atoms with Gasteiger partial charge < -0.3 is 9.73 Å². The first-order valence-corrected chi connectivity index (χ1v) is 7.81. The quantitative estimate of drug-likeness (QED) is 0.656. The molecule has 0 saturated carbocycles. The van der Waals surface area contributed by atoms with E-state index in [1.54, 1.807) is 6.26 Å². The van der Waals surface area contributed by atoms with Gasteiger partial charge in [-0.05, 0) is 35.2 Å². The van der Waals surface area contributed by atoms with Gasteiger partial charge in [-0.15, -0.1) is 0 Å². The summed E-state index contributed by atoms with van der Waals surface area (Å²) in [6, 6.07) is 20.5. The van der Waals surface area contributed by atoms with Gasteiger partial charge in [-0.1, -0.05) is 54.6 Å². The molecule has 0 bridgehead atoms. The van der Waals surface area contributed by atoms with Crippen LogP contribution in [0.2, 0.25) is 0 Å². The lowest BCUT2D eigenvalue weighted by Gasteiger charge is -2.29. The fourth-order valence-electron chi connectivity index (χ4n) is 2.98. The zero-order valence-corrected chi connectivity index (χ0v) is 13.3. The summed E-state index contributed by atoms with van der Waals surface area (Å²) in [7, 11) is 0. The van der Waals surface area contributed by atoms with Crippen LogP contribution in [-0.4, -0.2) is 5.29 Å². The highest BCUT2D eigenvalue weighted by molar-refractivity contribution is 6.67. The molecule has 4 rings (SSSR count). The molecule has 1 atom stereocenters. The van der Waals surface area contributed by atoms with E-state index in [2.05, 4.69) is 46.7 Å². The summed E-state index contributed by atoms with van der Waals surface area (Å²) in [5.41, 5.74) is 3.63. The van der Waals surface area contributed by atoms with Crippen LogP contribution in [0.3, 0.4) is 0 Å². The van der Waals surface area contributed by atoms with Gasteiger partial charge in [0.15, 0.2) is 11.1 Å². The predicted octanol–water partition coefficient (Wildman–Crippen LogP) is 5.23. The Kier molecular flexibility index (Phi) is 3.24. The summed E-state index contributed by atoms with van der Waals surface area (Å²) in [6.07, 6.45) is 1.65. The summed E-state index contributed by atoms with van der Waals surface area (Å²) >= 11 is 6.16. The summed E-state index contributed by atoms with van der Waals surface area (Å²) in [4.78, 5) is 4.58. The van der Waals surface area contributed by atoms with Gasteiger partial charge in [0.25, 0.3) is 0 Å². The molecule has 0 fully saturated rings. The molecular formula is C19H15ClN2O. The van der Waals surface area contributed by atoms with Gasteiger partial charge in [0.1, 0.15) is 5.54 Å². The van der Waals surface area contributed by atoms with Gasteiger partial charge in [-0.2, -0.15) is 0 Å². The molecule has 0 saturated heterocycles. The Hall–Kier alpha value is -2.52. The van der Waals surface area contributed by atoms with Gasteiger partial charge in [-0.3, -0.25) is 0 Å². The second-order valence-corrected chi connectivity index (χ2v) is 6.06. The van der Waals surface area contributed by atoms with E-state index in [-0.39, 0.29) is 0 Å². The van der Waals surface area contributed by atoms with Gasteiger partial charge in [0.05, 0.1) is 12.0 Å². The third-order valence-electron chi connectivity index (χ3n) is 4.22. The molecule has 0 amide bonds. The third kappa shape index (κ3) is 2.34. The molecule has 1 aliphatic heterocycles. The van der Waals surface area contributed by atoms with Crippen LogP contribution in [0.4, 0.5) is 5.69 Å². The van der Waals surface area contributed by atoms with Crippen molar-refractivity contribution in [3.63, 3.8) is 0 Å². The second kappa shape index (κ2) is 5.28. The fourth-order valence-corrected chi connectivity index (χ4v) is 3.26. The summed E-state index contributed by atoms with van der Waals surface area (Å²) < 4.78 is 5.66. The first-order valence-electron chi connectivity index (χ1n) is 7.43. The molecular weight excluding hydrogens is 308 g/mol. The van der Waals surface area contributed by atoms with Crippen molar-refractivity contribution < 1.29 is 4.42 Å². The minimum atomic E-state index is -0.629. The lowest BCUT2D eigenvalue weighted by molar-refractivity contribution is 0.418. The zero-order chi connectivity index (χ0) is 15.9. The van der Waals surface area contributed by atoms with Crippen LogP contribution < -0.4 is 5.32 Å². The van der Waals surface area contributed by atoms with E-state index in [1.807, 2.05) is 31.2 Å². The Labute approximate surface area is 139 Å². The van der Waals surface area contributed by atoms with Crippen LogP contribution >= 0.6 is 11.6 Å². The maximum Gasteiger partial charge on any atom is 0.197 e. The molecule has 1 unspecified atom stereocenters. The minimum Gasteiger partial charge on any atom is -0.464 e. The van der Waals surface area contributed by atoms with E-state index < -0.39 is 5.54 Å². The smallest absolute Gasteiger partial charge is 0.197 e. The average Bonchev–Trinajstić information content (AvgIpc) is 3.05. The number of rotatable bonds is 2. The molecule has 4 heteroatoms. The monoisotopic (exact) mass is 322 g/mol. The molecule has 1 aliphatic rings. The molecule has 1 N–H and O–H groups in total. The van der Waals surface area contributed by atoms with Crippen LogP contribution in [0.1, 0.15) is 18.2 Å². The number of anilines is 1. The second-order valence-electron chi connectivity index (χ2n) is 5.71. The molecule has 23 heavy (non-hydrogen) atoms. The highest BCUT2D eigenvalue weighted by Gasteiger charge is 2.37. The van der Waals surface area contributed by atoms with Crippen molar-refractivity contribution in [3.8, 4) is 11.1 Å². The van der Waals surface area contributed by atoms with E-state index in [0.717, 1.165) is 17.0 Å². The SMILES string of the molecule is CC1(c2ccc(-c3ccccc3)cc2)N=C(Cl)Nc2ccoc21. The van der Waals surface area contributed by atoms with E-state index in [9.17, 15) is 0 Å². The number of nitrogens with one attached hydrogen (secondary N) is 1. The number of hydrogen-bond donors (Lipinski definition) is 1. The van der Waals surface area contributed by atoms with E-state index in [1.165, 1.54) is 11.1 Å². The van der Waals surface area contributed by atoms with Crippen molar-refractivity contribution in [2.24, 2.45) is 4.99 Å². The summed E-state index contributed by atoms with van der Waals surface area (Å²) in [6.45, 7) is 2.01. The molecule has 114 valence electrons. The molecule has 3 nitrogen and oxygen atoms in total. The highest BCUT2D eigenvalue weighted by Crippen LogP contribution is 2.42. The zero-order valence-electron chi connectivity index (χ0n) is 12.6. The Balaban J connectivity index is 1.77. The predicted molar refractivity (Wildman–Crippen MR) is 94.0 cm³/mol. The number of benzene rings is 2. The van der Waals surface area contributed by atoms with Crippen LogP contribution in [0.25, 0.3) is 11.1 Å². The van der Waals surface area contributed by atoms with E-state index >= 15 is 0 Å². The normalized spacial score (nSPS) is 19.7. The maximum absolute atomic E-state index is 6.16. The Morgan fingerprint density at radius 1 is 0.957 bits per heavy atom. The molecule has 0 spiro atoms. The summed E-state index contributed by atoms with van der Waals surface area (Å²) in [5, 5.41) is 3.39. The van der Waals surface area contributed by atoms with Gasteiger partial charge in [0.2, 0.25) is 0 Å². The lowest BCUT2D eigenvalue weighted by Crippen LogP contribution is -2.28. The number of halogens is 1. The van der Waals surface area contributed by atoms with Crippen molar-refractivity contribution in [3.05, 3.63) is 78.3 Å². The minimum absolute atomic E-state index is 0.369. The van der Waals surface area contributed by atoms with Gasteiger partial charge in [-0.25, -0.2) is 4.99 Å². The summed E-state index contributed by atoms with van der Waals surface area (Å²) in [5.74, 6) is 0.773. The molecule has 2 heterocycles. The average molecular weight is 323 g/mol. The van der Waals surface area contributed by atoms with Crippen LogP contribution in [-0.2, 0) is 5.54 Å². The first-order chi connectivity index (χ1) is 11.2. The van der Waals surface area contributed by atoms with Crippen LogP contribution in [0, 0.1) is 0 Å². The van der Waals surface area contributed by atoms with Crippen LogP contribution in [0.15, 0.2) is 76.3 Å². The van der Waals surface area contributed by atoms with E-state index in [4.69, 9.17) is 16.0 Å². The molecule has 3 aromatic rings. The molecule has 0 radical (unpaired) electrons. The van der Waals surface area contributed by atoms with Crippen molar-refractivity contribution >= 4 is 22.6 Å². The Morgan fingerprint density at radius 3 is 2.39 bits per heavy atom. The number of fused-ring (bicyclic) bond motifs is 1. The van der Waals surface area contributed by atoms with Crippen LogP contribution in [0.5, 0.6) is 0 Å². The van der Waals surface area contributed by atoms with Crippen molar-refractivity contribution in [2.45, 2.75) is 12.5 Å². The topological polar surface area (TPSA) is 37.5 Å². The van der Waals surface area contributed by atoms with Crippen molar-refractivity contribution in [2.75, 3.05) is 5.32 Å². The standard InChI is InChI=1S/C19H15ClN2O/c1-19(17-16(11-12-23-17)21-18(20)22-19)15-9-7-14(8-10-15)13-5-3-2-4-6-13/h2-12H,1H3,(H,21,22).